The lowest BCUT2D eigenvalue weighted by Gasteiger charge is -1.96. The maximum absolute atomic E-state index is 3.88. The summed E-state index contributed by atoms with van der Waals surface area (Å²) in [6.45, 7) is 4.51. The van der Waals surface area contributed by atoms with Gasteiger partial charge >= 0.3 is 0 Å². The zero-order valence-corrected chi connectivity index (χ0v) is 9.16. The Bertz CT molecular complexity index is 133. The molecular formula is C6H10Br2N2O. The van der Waals surface area contributed by atoms with Crippen molar-refractivity contribution in [3.63, 3.8) is 0 Å². The van der Waals surface area contributed by atoms with Gasteiger partial charge in [0.05, 0.1) is 0 Å². The summed E-state index contributed by atoms with van der Waals surface area (Å²) in [5.74, 6) is 0. The summed E-state index contributed by atoms with van der Waals surface area (Å²) in [5, 5.41) is 6.62. The molecule has 2 N–H and O–H groups in total. The molecule has 2 aliphatic heterocycles. The van der Waals surface area contributed by atoms with E-state index in [4.69, 9.17) is 0 Å². The zero-order chi connectivity index (χ0) is 8.10. The molecule has 0 bridgehead atoms. The third kappa shape index (κ3) is 2.83. The first kappa shape index (κ1) is 9.67. The molecule has 0 unspecified atom stereocenters. The van der Waals surface area contributed by atoms with Crippen LogP contribution < -0.4 is 10.6 Å². The molecule has 0 aromatic rings. The second kappa shape index (κ2) is 5.27. The van der Waals surface area contributed by atoms with Gasteiger partial charge < -0.3 is 10.6 Å². The minimum atomic E-state index is 1.13. The Morgan fingerprint density at radius 1 is 0.909 bits per heavy atom. The van der Waals surface area contributed by atoms with Crippen LogP contribution in [0.2, 0.25) is 0 Å². The first-order valence-electron chi connectivity index (χ1n) is 3.39. The highest BCUT2D eigenvalue weighted by atomic mass is 79.9. The van der Waals surface area contributed by atoms with Crippen molar-refractivity contribution < 1.29 is 2.92 Å². The Balaban J connectivity index is 0.000000179. The molecule has 0 aromatic heterocycles. The van der Waals surface area contributed by atoms with Gasteiger partial charge in [0, 0.05) is 26.2 Å². The van der Waals surface area contributed by atoms with Gasteiger partial charge in [-0.2, -0.15) is 0 Å². The third-order valence-electron chi connectivity index (χ3n) is 1.85. The smallest absolute Gasteiger partial charge is 0.115 e. The molecule has 0 aliphatic carbocycles. The van der Waals surface area contributed by atoms with Crippen LogP contribution in [0.1, 0.15) is 0 Å². The lowest BCUT2D eigenvalue weighted by atomic mass is 10.2. The topological polar surface area (TPSA) is 33.3 Å². The van der Waals surface area contributed by atoms with E-state index in [-0.39, 0.29) is 0 Å². The predicted octanol–water partition coefficient (Wildman–Crippen LogP) is 1.11. The van der Waals surface area contributed by atoms with Gasteiger partial charge in [-0.3, -0.25) is 0 Å². The third-order valence-corrected chi connectivity index (χ3v) is 1.85. The molecular weight excluding hydrogens is 276 g/mol. The van der Waals surface area contributed by atoms with Gasteiger partial charge in [-0.05, 0) is 11.1 Å². The Kier molecular flexibility index (Phi) is 4.63. The summed E-state index contributed by atoms with van der Waals surface area (Å²) in [6, 6.07) is 0. The van der Waals surface area contributed by atoms with Crippen molar-refractivity contribution in [1.82, 2.24) is 10.6 Å². The molecule has 2 aliphatic rings. The van der Waals surface area contributed by atoms with Crippen LogP contribution in [0, 0.1) is 0 Å². The van der Waals surface area contributed by atoms with E-state index in [9.17, 15) is 0 Å². The van der Waals surface area contributed by atoms with E-state index in [1.807, 2.05) is 0 Å². The van der Waals surface area contributed by atoms with E-state index in [1.165, 1.54) is 0 Å². The van der Waals surface area contributed by atoms with Gasteiger partial charge in [-0.15, -0.1) is 0 Å². The minimum Gasteiger partial charge on any atom is -0.309 e. The molecule has 0 saturated carbocycles. The molecule has 0 atom stereocenters. The highest BCUT2D eigenvalue weighted by Crippen LogP contribution is 2.11. The second-order valence-electron chi connectivity index (χ2n) is 2.47. The summed E-state index contributed by atoms with van der Waals surface area (Å²) < 4.78 is 3.88. The zero-order valence-electron chi connectivity index (χ0n) is 5.99. The molecule has 3 nitrogen and oxygen atoms in total. The maximum atomic E-state index is 3.88. The van der Waals surface area contributed by atoms with E-state index in [0.29, 0.717) is 0 Å². The lowest BCUT2D eigenvalue weighted by molar-refractivity contribution is 0.761. The molecule has 0 saturated heterocycles. The predicted molar refractivity (Wildman–Crippen MR) is 51.7 cm³/mol. The SMILES string of the molecule is BrOBr.C1NCC2=C1CNC2. The van der Waals surface area contributed by atoms with Crippen LogP contribution in [-0.4, -0.2) is 26.2 Å². The summed E-state index contributed by atoms with van der Waals surface area (Å²) in [6.07, 6.45) is 0. The van der Waals surface area contributed by atoms with Crippen LogP contribution in [0.4, 0.5) is 0 Å². The van der Waals surface area contributed by atoms with Crippen LogP contribution in [0.5, 0.6) is 0 Å². The standard InChI is InChI=1S/C6H10N2.Br2O/c1-5-2-8-4-6(5)3-7-1;1-3-2/h7-8H,1-4H2;. The van der Waals surface area contributed by atoms with Gasteiger partial charge in [-0.25, -0.2) is 2.92 Å². The first-order valence-corrected chi connectivity index (χ1v) is 4.68. The first-order chi connectivity index (χ1) is 5.38. The van der Waals surface area contributed by atoms with Crippen molar-refractivity contribution in [2.24, 2.45) is 0 Å². The molecule has 0 fully saturated rings. The van der Waals surface area contributed by atoms with Crippen LogP contribution >= 0.6 is 32.5 Å². The maximum Gasteiger partial charge on any atom is 0.115 e. The number of nitrogens with one attached hydrogen (secondary N) is 2. The fraction of sp³-hybridized carbons (Fsp3) is 0.667. The summed E-state index contributed by atoms with van der Waals surface area (Å²) in [5.41, 5.74) is 3.20. The minimum absolute atomic E-state index is 1.13. The summed E-state index contributed by atoms with van der Waals surface area (Å²) in [4.78, 5) is 0. The molecule has 11 heavy (non-hydrogen) atoms. The monoisotopic (exact) mass is 284 g/mol. The highest BCUT2D eigenvalue weighted by molar-refractivity contribution is 9.18. The van der Waals surface area contributed by atoms with E-state index >= 15 is 0 Å². The molecule has 5 heteroatoms. The molecule has 2 heterocycles. The van der Waals surface area contributed by atoms with E-state index in [2.05, 4.69) is 46.1 Å². The number of rotatable bonds is 0. The van der Waals surface area contributed by atoms with Gasteiger partial charge in [0.2, 0.25) is 0 Å². The van der Waals surface area contributed by atoms with E-state index in [0.717, 1.165) is 26.2 Å². The Morgan fingerprint density at radius 3 is 1.45 bits per heavy atom. The number of hydrogen-bond acceptors (Lipinski definition) is 3. The Morgan fingerprint density at radius 2 is 1.18 bits per heavy atom. The van der Waals surface area contributed by atoms with Gasteiger partial charge in [-0.1, -0.05) is 0 Å². The van der Waals surface area contributed by atoms with Crippen molar-refractivity contribution in [2.75, 3.05) is 26.2 Å². The van der Waals surface area contributed by atoms with Gasteiger partial charge in [0.25, 0.3) is 0 Å². The van der Waals surface area contributed by atoms with Crippen LogP contribution in [-0.2, 0) is 2.92 Å². The number of halogens is 2. The number of hydrogen-bond donors (Lipinski definition) is 2. The van der Waals surface area contributed by atoms with Crippen LogP contribution in [0.25, 0.3) is 0 Å². The van der Waals surface area contributed by atoms with Gasteiger partial charge in [0.1, 0.15) is 32.5 Å². The average molecular weight is 286 g/mol. The van der Waals surface area contributed by atoms with Crippen molar-refractivity contribution in [1.29, 1.82) is 0 Å². The molecule has 0 spiro atoms. The highest BCUT2D eigenvalue weighted by Gasteiger charge is 2.17. The normalized spacial score (nSPS) is 21.3. The van der Waals surface area contributed by atoms with Crippen molar-refractivity contribution in [3.8, 4) is 0 Å². The Labute approximate surface area is 83.5 Å². The second-order valence-corrected chi connectivity index (χ2v) is 3.99. The van der Waals surface area contributed by atoms with Crippen molar-refractivity contribution in [3.05, 3.63) is 11.1 Å². The molecule has 64 valence electrons. The van der Waals surface area contributed by atoms with Crippen molar-refractivity contribution in [2.45, 2.75) is 0 Å². The van der Waals surface area contributed by atoms with E-state index in [1.54, 1.807) is 11.1 Å². The molecule has 0 radical (unpaired) electrons. The Hall–Kier alpha value is 0.580. The fourth-order valence-electron chi connectivity index (χ4n) is 1.35. The largest absolute Gasteiger partial charge is 0.309 e. The van der Waals surface area contributed by atoms with E-state index < -0.39 is 0 Å². The fourth-order valence-corrected chi connectivity index (χ4v) is 1.35. The van der Waals surface area contributed by atoms with Crippen LogP contribution in [0.15, 0.2) is 11.1 Å². The van der Waals surface area contributed by atoms with Crippen molar-refractivity contribution >= 4 is 32.5 Å². The molecule has 0 aromatic carbocycles. The average Bonchev–Trinajstić information content (AvgIpc) is 2.44. The van der Waals surface area contributed by atoms with Crippen LogP contribution in [0.3, 0.4) is 0 Å². The quantitative estimate of drug-likeness (QED) is 0.655. The summed E-state index contributed by atoms with van der Waals surface area (Å²) in [7, 11) is 0. The summed E-state index contributed by atoms with van der Waals surface area (Å²) >= 11 is 5.12. The lowest BCUT2D eigenvalue weighted by Crippen LogP contribution is -2.20. The molecule has 2 rings (SSSR count). The molecule has 0 amide bonds. The van der Waals surface area contributed by atoms with Gasteiger partial charge in [0.15, 0.2) is 0 Å².